The Bertz CT molecular complexity index is 153. The molecule has 0 saturated heterocycles. The van der Waals surface area contributed by atoms with Gasteiger partial charge in [-0.2, -0.15) is 0 Å². The Kier molecular flexibility index (Phi) is 2.89. The monoisotopic (exact) mass is 148 g/mol. The SMILES string of the molecule is CC(=O)OC(=O)OC(=O)O. The topological polar surface area (TPSA) is 89.9 Å². The third-order valence-electron chi connectivity index (χ3n) is 0.398. The molecule has 0 aliphatic carbocycles. The van der Waals surface area contributed by atoms with Crippen molar-refractivity contribution in [3.8, 4) is 0 Å². The first kappa shape index (κ1) is 8.41. The van der Waals surface area contributed by atoms with Crippen LogP contribution in [0.2, 0.25) is 0 Å². The van der Waals surface area contributed by atoms with E-state index in [-0.39, 0.29) is 0 Å². The van der Waals surface area contributed by atoms with Gasteiger partial charge in [0, 0.05) is 6.92 Å². The summed E-state index contributed by atoms with van der Waals surface area (Å²) >= 11 is 0. The summed E-state index contributed by atoms with van der Waals surface area (Å²) in [4.78, 5) is 29.5. The van der Waals surface area contributed by atoms with Crippen LogP contribution in [-0.2, 0) is 14.3 Å². The molecule has 0 aliphatic rings. The fourth-order valence-corrected chi connectivity index (χ4v) is 0.209. The fourth-order valence-electron chi connectivity index (χ4n) is 0.209. The summed E-state index contributed by atoms with van der Waals surface area (Å²) in [5, 5.41) is 7.76. The van der Waals surface area contributed by atoms with Crippen LogP contribution < -0.4 is 0 Å². The first-order chi connectivity index (χ1) is 4.52. The van der Waals surface area contributed by atoms with Crippen LogP contribution in [0.4, 0.5) is 9.59 Å². The van der Waals surface area contributed by atoms with Crippen molar-refractivity contribution in [3.63, 3.8) is 0 Å². The summed E-state index contributed by atoms with van der Waals surface area (Å²) in [5.41, 5.74) is 0. The minimum absolute atomic E-state index is 0.925. The average molecular weight is 148 g/mol. The van der Waals surface area contributed by atoms with Gasteiger partial charge in [0.05, 0.1) is 0 Å². The average Bonchev–Trinajstić information content (AvgIpc) is 1.58. The minimum Gasteiger partial charge on any atom is -0.449 e. The van der Waals surface area contributed by atoms with E-state index >= 15 is 0 Å². The maximum Gasteiger partial charge on any atom is 0.526 e. The molecule has 0 fully saturated rings. The van der Waals surface area contributed by atoms with Gasteiger partial charge in [0.2, 0.25) is 0 Å². The van der Waals surface area contributed by atoms with Crippen LogP contribution in [0.5, 0.6) is 0 Å². The van der Waals surface area contributed by atoms with E-state index in [1.165, 1.54) is 0 Å². The highest BCUT2D eigenvalue weighted by atomic mass is 16.8. The molecular weight excluding hydrogens is 144 g/mol. The zero-order valence-corrected chi connectivity index (χ0v) is 4.99. The second-order valence-corrected chi connectivity index (χ2v) is 1.21. The highest BCUT2D eigenvalue weighted by Crippen LogP contribution is 1.85. The normalized spacial score (nSPS) is 8.10. The number of esters is 1. The molecular formula is C4H4O6. The first-order valence-electron chi connectivity index (χ1n) is 2.15. The van der Waals surface area contributed by atoms with Gasteiger partial charge in [-0.1, -0.05) is 0 Å². The van der Waals surface area contributed by atoms with Gasteiger partial charge in [0.15, 0.2) is 0 Å². The maximum atomic E-state index is 10.0. The standard InChI is InChI=1S/C4H4O6/c1-2(5)9-4(8)10-3(6)7/h1H3,(H,6,7). The molecule has 56 valence electrons. The number of ether oxygens (including phenoxy) is 2. The van der Waals surface area contributed by atoms with Crippen molar-refractivity contribution in [2.45, 2.75) is 6.92 Å². The highest BCUT2D eigenvalue weighted by Gasteiger charge is 2.11. The minimum atomic E-state index is -1.81. The van der Waals surface area contributed by atoms with E-state index in [0.717, 1.165) is 6.92 Å². The van der Waals surface area contributed by atoms with Crippen LogP contribution >= 0.6 is 0 Å². The van der Waals surface area contributed by atoms with Crippen LogP contribution in [0.3, 0.4) is 0 Å². The molecule has 0 aromatic rings. The van der Waals surface area contributed by atoms with Gasteiger partial charge in [-0.15, -0.1) is 0 Å². The second-order valence-electron chi connectivity index (χ2n) is 1.21. The molecule has 0 rings (SSSR count). The van der Waals surface area contributed by atoms with Crippen molar-refractivity contribution < 1.29 is 29.0 Å². The fraction of sp³-hybridized carbons (Fsp3) is 0.250. The van der Waals surface area contributed by atoms with Gasteiger partial charge in [0.25, 0.3) is 0 Å². The molecule has 0 amide bonds. The van der Waals surface area contributed by atoms with Crippen LogP contribution in [0, 0.1) is 0 Å². The molecule has 6 heteroatoms. The van der Waals surface area contributed by atoms with Gasteiger partial charge in [-0.25, -0.2) is 9.59 Å². The number of hydrogen-bond donors (Lipinski definition) is 1. The maximum absolute atomic E-state index is 10.0. The number of carbonyl (C=O) groups is 3. The molecule has 0 saturated carbocycles. The molecule has 0 radical (unpaired) electrons. The molecule has 0 aliphatic heterocycles. The Hall–Kier alpha value is -1.59. The molecule has 0 aromatic heterocycles. The lowest BCUT2D eigenvalue weighted by molar-refractivity contribution is -0.136. The predicted octanol–water partition coefficient (Wildman–Crippen LogP) is 0.364. The molecule has 0 unspecified atom stereocenters. The number of rotatable bonds is 0. The molecule has 1 N–H and O–H groups in total. The molecule has 6 nitrogen and oxygen atoms in total. The third kappa shape index (κ3) is 4.57. The Labute approximate surface area is 55.3 Å². The Morgan fingerprint density at radius 2 is 1.70 bits per heavy atom. The number of hydrogen-bond acceptors (Lipinski definition) is 5. The third-order valence-corrected chi connectivity index (χ3v) is 0.398. The molecule has 0 spiro atoms. The summed E-state index contributed by atoms with van der Waals surface area (Å²) in [6.07, 6.45) is -3.36. The lowest BCUT2D eigenvalue weighted by Gasteiger charge is -1.94. The zero-order valence-electron chi connectivity index (χ0n) is 4.99. The predicted molar refractivity (Wildman–Crippen MR) is 26.3 cm³/mol. The molecule has 0 bridgehead atoms. The first-order valence-corrected chi connectivity index (χ1v) is 2.15. The number of carboxylic acid groups (broad SMARTS) is 1. The van der Waals surface area contributed by atoms with Gasteiger partial charge < -0.3 is 14.6 Å². The summed E-state index contributed by atoms with van der Waals surface area (Å²) in [6.45, 7) is 0.948. The summed E-state index contributed by atoms with van der Waals surface area (Å²) < 4.78 is 7.08. The van der Waals surface area contributed by atoms with Gasteiger partial charge >= 0.3 is 18.3 Å². The van der Waals surface area contributed by atoms with E-state index in [4.69, 9.17) is 5.11 Å². The Morgan fingerprint density at radius 1 is 1.20 bits per heavy atom. The zero-order chi connectivity index (χ0) is 8.15. The van der Waals surface area contributed by atoms with E-state index < -0.39 is 18.3 Å². The van der Waals surface area contributed by atoms with E-state index in [1.807, 2.05) is 0 Å². The Morgan fingerprint density at radius 3 is 2.00 bits per heavy atom. The highest BCUT2D eigenvalue weighted by molar-refractivity contribution is 5.84. The summed E-state index contributed by atoms with van der Waals surface area (Å²) in [5.74, 6) is -0.925. The summed E-state index contributed by atoms with van der Waals surface area (Å²) in [6, 6.07) is 0. The van der Waals surface area contributed by atoms with Crippen molar-refractivity contribution in [1.82, 2.24) is 0 Å². The van der Waals surface area contributed by atoms with Gasteiger partial charge in [0.1, 0.15) is 0 Å². The molecule has 10 heavy (non-hydrogen) atoms. The van der Waals surface area contributed by atoms with E-state index in [0.29, 0.717) is 0 Å². The van der Waals surface area contributed by atoms with E-state index in [2.05, 4.69) is 9.47 Å². The van der Waals surface area contributed by atoms with Crippen molar-refractivity contribution in [1.29, 1.82) is 0 Å². The van der Waals surface area contributed by atoms with Crippen molar-refractivity contribution in [3.05, 3.63) is 0 Å². The smallest absolute Gasteiger partial charge is 0.449 e. The lowest BCUT2D eigenvalue weighted by atomic mass is 10.8. The quantitative estimate of drug-likeness (QED) is 0.394. The Balaban J connectivity index is 3.65. The van der Waals surface area contributed by atoms with Crippen LogP contribution in [0.25, 0.3) is 0 Å². The van der Waals surface area contributed by atoms with E-state index in [9.17, 15) is 14.4 Å². The van der Waals surface area contributed by atoms with Crippen LogP contribution in [-0.4, -0.2) is 23.4 Å². The van der Waals surface area contributed by atoms with Gasteiger partial charge in [-0.05, 0) is 0 Å². The van der Waals surface area contributed by atoms with Gasteiger partial charge in [-0.3, -0.25) is 4.79 Å². The largest absolute Gasteiger partial charge is 0.526 e. The van der Waals surface area contributed by atoms with Crippen LogP contribution in [0.1, 0.15) is 6.92 Å². The second kappa shape index (κ2) is 3.44. The molecule has 0 atom stereocenters. The molecule has 0 heterocycles. The van der Waals surface area contributed by atoms with Crippen molar-refractivity contribution in [2.24, 2.45) is 0 Å². The number of carbonyl (C=O) groups excluding carboxylic acids is 2. The van der Waals surface area contributed by atoms with Crippen molar-refractivity contribution >= 4 is 18.3 Å². The lowest BCUT2D eigenvalue weighted by Crippen LogP contribution is -2.14. The van der Waals surface area contributed by atoms with Crippen molar-refractivity contribution in [2.75, 3.05) is 0 Å². The molecule has 0 aromatic carbocycles. The van der Waals surface area contributed by atoms with Crippen LogP contribution in [0.15, 0.2) is 0 Å². The summed E-state index contributed by atoms with van der Waals surface area (Å²) in [7, 11) is 0. The van der Waals surface area contributed by atoms with E-state index in [1.54, 1.807) is 0 Å².